The molecule has 0 spiro atoms. The van der Waals surface area contributed by atoms with Crippen molar-refractivity contribution in [2.24, 2.45) is 0 Å². The second-order valence-electron chi connectivity index (χ2n) is 7.17. The van der Waals surface area contributed by atoms with Crippen LogP contribution >= 0.6 is 11.3 Å². The SMILES string of the molecule is C[C@H](Oc1cccc(F)c1)C(=O)N1CCC(c2nc(-c3nccs3)cc(=O)[nH]2)CC1. The number of halogens is 1. The number of amides is 1. The van der Waals surface area contributed by atoms with Crippen LogP contribution < -0.4 is 10.3 Å². The van der Waals surface area contributed by atoms with Gasteiger partial charge < -0.3 is 14.6 Å². The Kier molecular flexibility index (Phi) is 5.89. The van der Waals surface area contributed by atoms with Crippen LogP contribution in [0.4, 0.5) is 4.39 Å². The van der Waals surface area contributed by atoms with Crippen molar-refractivity contribution in [1.82, 2.24) is 19.9 Å². The van der Waals surface area contributed by atoms with E-state index in [1.807, 2.05) is 5.38 Å². The lowest BCUT2D eigenvalue weighted by Crippen LogP contribution is -2.44. The van der Waals surface area contributed by atoms with Crippen molar-refractivity contribution in [3.63, 3.8) is 0 Å². The molecule has 1 N–H and O–H groups in total. The Hall–Kier alpha value is -3.07. The third-order valence-corrected chi connectivity index (χ3v) is 5.86. The lowest BCUT2D eigenvalue weighted by Gasteiger charge is -2.33. The summed E-state index contributed by atoms with van der Waals surface area (Å²) in [6.07, 6.45) is 2.33. The molecule has 1 saturated heterocycles. The molecule has 2 aromatic heterocycles. The van der Waals surface area contributed by atoms with E-state index in [1.165, 1.54) is 29.5 Å². The molecular weight excluding hydrogens is 407 g/mol. The number of benzene rings is 1. The first kappa shape index (κ1) is 20.2. The number of aromatic amines is 1. The van der Waals surface area contributed by atoms with E-state index >= 15 is 0 Å². The van der Waals surface area contributed by atoms with Crippen molar-refractivity contribution in [2.45, 2.75) is 31.8 Å². The van der Waals surface area contributed by atoms with Crippen molar-refractivity contribution in [2.75, 3.05) is 13.1 Å². The second kappa shape index (κ2) is 8.74. The van der Waals surface area contributed by atoms with Gasteiger partial charge in [0.15, 0.2) is 6.10 Å². The highest BCUT2D eigenvalue weighted by molar-refractivity contribution is 7.13. The average Bonchev–Trinajstić information content (AvgIpc) is 3.28. The van der Waals surface area contributed by atoms with E-state index in [1.54, 1.807) is 30.2 Å². The minimum absolute atomic E-state index is 0.0566. The zero-order valence-electron chi connectivity index (χ0n) is 16.4. The molecule has 1 amide bonds. The van der Waals surface area contributed by atoms with Crippen molar-refractivity contribution in [1.29, 1.82) is 0 Å². The molecular formula is C21H21FN4O3S. The molecule has 0 unspecified atom stereocenters. The molecule has 4 rings (SSSR count). The van der Waals surface area contributed by atoms with Crippen molar-refractivity contribution in [3.8, 4) is 16.5 Å². The first-order chi connectivity index (χ1) is 14.5. The molecule has 9 heteroatoms. The lowest BCUT2D eigenvalue weighted by molar-refractivity contribution is -0.139. The van der Waals surface area contributed by atoms with Gasteiger partial charge in [0.25, 0.3) is 11.5 Å². The summed E-state index contributed by atoms with van der Waals surface area (Å²) in [5, 5.41) is 2.55. The molecule has 0 aliphatic carbocycles. The van der Waals surface area contributed by atoms with Gasteiger partial charge in [-0.15, -0.1) is 11.3 Å². The molecule has 1 atom stereocenters. The van der Waals surface area contributed by atoms with Crippen LogP contribution in [0.15, 0.2) is 46.7 Å². The number of likely N-dealkylation sites (tertiary alicyclic amines) is 1. The zero-order chi connectivity index (χ0) is 21.1. The fourth-order valence-corrected chi connectivity index (χ4v) is 4.15. The number of rotatable bonds is 5. The molecule has 7 nitrogen and oxygen atoms in total. The monoisotopic (exact) mass is 428 g/mol. The van der Waals surface area contributed by atoms with Crippen molar-refractivity contribution < 1.29 is 13.9 Å². The van der Waals surface area contributed by atoms with Gasteiger partial charge in [-0.1, -0.05) is 6.07 Å². The number of hydrogen-bond donors (Lipinski definition) is 1. The Bertz CT molecular complexity index is 1080. The van der Waals surface area contributed by atoms with Crippen LogP contribution in [0.2, 0.25) is 0 Å². The third kappa shape index (κ3) is 4.56. The van der Waals surface area contributed by atoms with E-state index < -0.39 is 11.9 Å². The number of nitrogens with one attached hydrogen (secondary N) is 1. The van der Waals surface area contributed by atoms with Gasteiger partial charge in [0.1, 0.15) is 28.1 Å². The molecule has 3 heterocycles. The highest BCUT2D eigenvalue weighted by Crippen LogP contribution is 2.27. The summed E-state index contributed by atoms with van der Waals surface area (Å²) in [6.45, 7) is 2.73. The van der Waals surface area contributed by atoms with Gasteiger partial charge >= 0.3 is 0 Å². The number of carbonyl (C=O) groups is 1. The minimum Gasteiger partial charge on any atom is -0.481 e. The molecule has 0 bridgehead atoms. The van der Waals surface area contributed by atoms with E-state index in [9.17, 15) is 14.0 Å². The number of ether oxygens (including phenoxy) is 1. The summed E-state index contributed by atoms with van der Waals surface area (Å²) in [4.78, 5) is 38.2. The standard InChI is InChI=1S/C21H21FN4O3S/c1-13(29-16-4-2-3-15(22)11-16)21(28)26-8-5-14(6-9-26)19-24-17(12-18(27)25-19)20-23-7-10-30-20/h2-4,7,10-14H,5-6,8-9H2,1H3,(H,24,25,27)/t13-/m0/s1. The summed E-state index contributed by atoms with van der Waals surface area (Å²) in [5.41, 5.74) is 0.361. The number of hydrogen-bond acceptors (Lipinski definition) is 6. The Morgan fingerprint density at radius 3 is 2.83 bits per heavy atom. The molecule has 1 aromatic carbocycles. The Morgan fingerprint density at radius 1 is 1.33 bits per heavy atom. The van der Waals surface area contributed by atoms with E-state index in [0.29, 0.717) is 48.2 Å². The van der Waals surface area contributed by atoms with Gasteiger partial charge in [0.05, 0.1) is 0 Å². The molecule has 156 valence electrons. The number of H-pyrrole nitrogens is 1. The van der Waals surface area contributed by atoms with E-state index in [0.717, 1.165) is 0 Å². The van der Waals surface area contributed by atoms with Crippen LogP contribution in [0.1, 0.15) is 31.5 Å². The van der Waals surface area contributed by atoms with Crippen LogP contribution in [0, 0.1) is 5.82 Å². The summed E-state index contributed by atoms with van der Waals surface area (Å²) in [7, 11) is 0. The van der Waals surface area contributed by atoms with Crippen LogP contribution in [0.3, 0.4) is 0 Å². The molecule has 1 fully saturated rings. The average molecular weight is 428 g/mol. The molecule has 1 aliphatic rings. The van der Waals surface area contributed by atoms with Crippen LogP contribution in [-0.4, -0.2) is 45.0 Å². The molecule has 1 aliphatic heterocycles. The predicted molar refractivity (Wildman–Crippen MR) is 111 cm³/mol. The van der Waals surface area contributed by atoms with E-state index in [-0.39, 0.29) is 17.4 Å². The highest BCUT2D eigenvalue weighted by Gasteiger charge is 2.29. The van der Waals surface area contributed by atoms with Gasteiger partial charge in [-0.2, -0.15) is 0 Å². The normalized spacial score (nSPS) is 15.7. The number of piperidine rings is 1. The Balaban J connectivity index is 1.39. The van der Waals surface area contributed by atoms with Gasteiger partial charge in [-0.25, -0.2) is 14.4 Å². The topological polar surface area (TPSA) is 88.2 Å². The molecule has 30 heavy (non-hydrogen) atoms. The fourth-order valence-electron chi connectivity index (χ4n) is 3.55. The van der Waals surface area contributed by atoms with E-state index in [2.05, 4.69) is 15.0 Å². The maximum Gasteiger partial charge on any atom is 0.263 e. The summed E-state index contributed by atoms with van der Waals surface area (Å²) in [6, 6.07) is 7.20. The fraction of sp³-hybridized carbons (Fsp3) is 0.333. The Labute approximate surface area is 176 Å². The quantitative estimate of drug-likeness (QED) is 0.674. The predicted octanol–water partition coefficient (Wildman–Crippen LogP) is 3.21. The molecule has 0 radical (unpaired) electrons. The number of aromatic nitrogens is 3. The first-order valence-electron chi connectivity index (χ1n) is 9.72. The molecule has 0 saturated carbocycles. The summed E-state index contributed by atoms with van der Waals surface area (Å²) >= 11 is 1.43. The summed E-state index contributed by atoms with van der Waals surface area (Å²) < 4.78 is 18.9. The zero-order valence-corrected chi connectivity index (χ0v) is 17.2. The number of nitrogens with zero attached hydrogens (tertiary/aromatic N) is 3. The van der Waals surface area contributed by atoms with Gasteiger partial charge in [0, 0.05) is 42.7 Å². The smallest absolute Gasteiger partial charge is 0.263 e. The van der Waals surface area contributed by atoms with Gasteiger partial charge in [0.2, 0.25) is 0 Å². The summed E-state index contributed by atoms with van der Waals surface area (Å²) in [5.74, 6) is 0.460. The lowest BCUT2D eigenvalue weighted by atomic mass is 9.95. The largest absolute Gasteiger partial charge is 0.481 e. The van der Waals surface area contributed by atoms with Crippen LogP contribution in [0.5, 0.6) is 5.75 Å². The van der Waals surface area contributed by atoms with Crippen molar-refractivity contribution >= 4 is 17.2 Å². The van der Waals surface area contributed by atoms with Crippen LogP contribution in [0.25, 0.3) is 10.7 Å². The Morgan fingerprint density at radius 2 is 2.13 bits per heavy atom. The molecule has 3 aromatic rings. The number of carbonyl (C=O) groups excluding carboxylic acids is 1. The van der Waals surface area contributed by atoms with Gasteiger partial charge in [-0.05, 0) is 31.9 Å². The van der Waals surface area contributed by atoms with Crippen molar-refractivity contribution in [3.05, 3.63) is 63.9 Å². The second-order valence-corrected chi connectivity index (χ2v) is 8.06. The minimum atomic E-state index is -0.713. The van der Waals surface area contributed by atoms with E-state index in [4.69, 9.17) is 4.74 Å². The number of thiazole rings is 1. The van der Waals surface area contributed by atoms with Gasteiger partial charge in [-0.3, -0.25) is 9.59 Å². The maximum absolute atomic E-state index is 13.3. The third-order valence-electron chi connectivity index (χ3n) is 5.06. The highest BCUT2D eigenvalue weighted by atomic mass is 32.1. The first-order valence-corrected chi connectivity index (χ1v) is 10.6. The maximum atomic E-state index is 13.3. The van der Waals surface area contributed by atoms with Crippen LogP contribution in [-0.2, 0) is 4.79 Å².